The molecular formula is C12H19N3OS. The van der Waals surface area contributed by atoms with Gasteiger partial charge in [-0.2, -0.15) is 0 Å². The largest absolute Gasteiger partial charge is 0.346 e. The topological polar surface area (TPSA) is 44.4 Å². The Morgan fingerprint density at radius 2 is 2.12 bits per heavy atom. The molecule has 2 aliphatic heterocycles. The second kappa shape index (κ2) is 4.21. The van der Waals surface area contributed by atoms with Crippen molar-refractivity contribution in [3.05, 3.63) is 0 Å². The molecule has 1 aliphatic carbocycles. The predicted octanol–water partition coefficient (Wildman–Crippen LogP) is 0.827. The third kappa shape index (κ3) is 1.85. The third-order valence-corrected chi connectivity index (χ3v) is 4.84. The number of hydrogen-bond acceptors (Lipinski definition) is 3. The van der Waals surface area contributed by atoms with E-state index in [9.17, 15) is 4.79 Å². The molecule has 1 saturated carbocycles. The Labute approximate surface area is 107 Å². The first-order chi connectivity index (χ1) is 8.16. The van der Waals surface area contributed by atoms with Gasteiger partial charge in [-0.25, -0.2) is 0 Å². The molecule has 0 aromatic rings. The number of rotatable bonds is 0. The number of hydrogen-bond donors (Lipinski definition) is 2. The van der Waals surface area contributed by atoms with E-state index in [1.165, 1.54) is 25.7 Å². The first-order valence-electron chi connectivity index (χ1n) is 6.50. The Balaban J connectivity index is 1.84. The maximum Gasteiger partial charge on any atom is 0.232 e. The maximum absolute atomic E-state index is 12.0. The molecule has 0 radical (unpaired) electrons. The number of nitrogens with zero attached hydrogens (tertiary/aromatic N) is 1. The number of likely N-dealkylation sites (tertiary alicyclic amines) is 1. The number of thiocarbonyl (C=S) groups is 1. The summed E-state index contributed by atoms with van der Waals surface area (Å²) in [6.45, 7) is 0. The molecule has 4 unspecified atom stereocenters. The van der Waals surface area contributed by atoms with Gasteiger partial charge in [0.15, 0.2) is 5.11 Å². The highest BCUT2D eigenvalue weighted by molar-refractivity contribution is 7.80. The number of piperidine rings is 1. The number of carbonyl (C=O) groups excluding carboxylic acids is 1. The minimum atomic E-state index is 0.0612. The van der Waals surface area contributed by atoms with Crippen LogP contribution in [0.25, 0.3) is 0 Å². The molecule has 2 N–H and O–H groups in total. The average molecular weight is 253 g/mol. The second-order valence-corrected chi connectivity index (χ2v) is 5.94. The number of nitrogens with one attached hydrogen (secondary N) is 2. The Hall–Kier alpha value is -0.680. The third-order valence-electron chi connectivity index (χ3n) is 4.62. The first kappa shape index (κ1) is 11.4. The molecule has 0 aromatic carbocycles. The Morgan fingerprint density at radius 3 is 2.94 bits per heavy atom. The van der Waals surface area contributed by atoms with Crippen LogP contribution in [0.15, 0.2) is 0 Å². The predicted molar refractivity (Wildman–Crippen MR) is 69.3 cm³/mol. The van der Waals surface area contributed by atoms with E-state index >= 15 is 0 Å². The summed E-state index contributed by atoms with van der Waals surface area (Å²) in [5.41, 5.74) is 0. The Kier molecular flexibility index (Phi) is 2.83. The summed E-state index contributed by atoms with van der Waals surface area (Å²) in [6, 6.07) is 0.631. The van der Waals surface area contributed by atoms with E-state index in [0.29, 0.717) is 17.1 Å². The van der Waals surface area contributed by atoms with E-state index in [2.05, 4.69) is 22.6 Å². The molecule has 3 fully saturated rings. The standard InChI is InChI=1S/C12H19N3OS/c1-15-9-5-3-2-4-7(9)6-8-10(15)13-12(17)14-11(8)16/h7-10H,2-6H2,1H3,(H2,13,14,16,17). The monoisotopic (exact) mass is 253 g/mol. The Morgan fingerprint density at radius 1 is 1.35 bits per heavy atom. The van der Waals surface area contributed by atoms with Crippen molar-refractivity contribution < 1.29 is 4.79 Å². The molecule has 0 aromatic heterocycles. The van der Waals surface area contributed by atoms with Crippen molar-refractivity contribution in [1.29, 1.82) is 0 Å². The summed E-state index contributed by atoms with van der Waals surface area (Å²) in [4.78, 5) is 14.3. The summed E-state index contributed by atoms with van der Waals surface area (Å²) in [6.07, 6.45) is 6.30. The van der Waals surface area contributed by atoms with Gasteiger partial charge in [0.25, 0.3) is 0 Å². The molecule has 4 atom stereocenters. The Bertz CT molecular complexity index is 360. The van der Waals surface area contributed by atoms with Crippen molar-refractivity contribution in [3.63, 3.8) is 0 Å². The van der Waals surface area contributed by atoms with E-state index in [4.69, 9.17) is 12.2 Å². The van der Waals surface area contributed by atoms with Gasteiger partial charge in [-0.15, -0.1) is 0 Å². The summed E-state index contributed by atoms with van der Waals surface area (Å²) in [5, 5.41) is 6.49. The van der Waals surface area contributed by atoms with Crippen LogP contribution in [0.1, 0.15) is 32.1 Å². The van der Waals surface area contributed by atoms with E-state index in [0.717, 1.165) is 6.42 Å². The molecule has 2 saturated heterocycles. The summed E-state index contributed by atoms with van der Waals surface area (Å²) >= 11 is 5.08. The van der Waals surface area contributed by atoms with Gasteiger partial charge < -0.3 is 10.6 Å². The lowest BCUT2D eigenvalue weighted by Gasteiger charge is -2.51. The zero-order valence-corrected chi connectivity index (χ0v) is 10.9. The van der Waals surface area contributed by atoms with Gasteiger partial charge in [-0.1, -0.05) is 12.8 Å². The second-order valence-electron chi connectivity index (χ2n) is 5.53. The molecular weight excluding hydrogens is 234 g/mol. The minimum Gasteiger partial charge on any atom is -0.346 e. The normalized spacial score (nSPS) is 42.2. The van der Waals surface area contributed by atoms with E-state index < -0.39 is 0 Å². The van der Waals surface area contributed by atoms with Gasteiger partial charge in [-0.3, -0.25) is 9.69 Å². The number of fused-ring (bicyclic) bond motifs is 2. The first-order valence-corrected chi connectivity index (χ1v) is 6.91. The molecule has 0 bridgehead atoms. The van der Waals surface area contributed by atoms with Crippen LogP contribution in [-0.2, 0) is 4.79 Å². The molecule has 3 rings (SSSR count). The zero-order valence-electron chi connectivity index (χ0n) is 10.1. The van der Waals surface area contributed by atoms with Crippen LogP contribution in [-0.4, -0.2) is 35.2 Å². The molecule has 94 valence electrons. The van der Waals surface area contributed by atoms with Crippen molar-refractivity contribution >= 4 is 23.2 Å². The number of amides is 1. The van der Waals surface area contributed by atoms with Crippen LogP contribution < -0.4 is 10.6 Å². The molecule has 1 amide bonds. The quantitative estimate of drug-likeness (QED) is 0.628. The summed E-state index contributed by atoms with van der Waals surface area (Å²) < 4.78 is 0. The fourth-order valence-corrected chi connectivity index (χ4v) is 3.99. The molecule has 4 nitrogen and oxygen atoms in total. The lowest BCUT2D eigenvalue weighted by atomic mass is 9.73. The van der Waals surface area contributed by atoms with Crippen molar-refractivity contribution in [2.75, 3.05) is 7.05 Å². The molecule has 17 heavy (non-hydrogen) atoms. The minimum absolute atomic E-state index is 0.0612. The molecule has 5 heteroatoms. The van der Waals surface area contributed by atoms with Crippen LogP contribution >= 0.6 is 12.2 Å². The fraction of sp³-hybridized carbons (Fsp3) is 0.833. The highest BCUT2D eigenvalue weighted by atomic mass is 32.1. The lowest BCUT2D eigenvalue weighted by Crippen LogP contribution is -2.68. The maximum atomic E-state index is 12.0. The van der Waals surface area contributed by atoms with Crippen molar-refractivity contribution in [2.24, 2.45) is 11.8 Å². The van der Waals surface area contributed by atoms with Crippen molar-refractivity contribution in [1.82, 2.24) is 15.5 Å². The smallest absolute Gasteiger partial charge is 0.232 e. The zero-order chi connectivity index (χ0) is 12.0. The molecule has 2 heterocycles. The van der Waals surface area contributed by atoms with Gasteiger partial charge in [0, 0.05) is 6.04 Å². The molecule has 3 aliphatic rings. The highest BCUT2D eigenvalue weighted by Crippen LogP contribution is 2.39. The van der Waals surface area contributed by atoms with Crippen molar-refractivity contribution in [3.8, 4) is 0 Å². The fourth-order valence-electron chi connectivity index (χ4n) is 3.77. The van der Waals surface area contributed by atoms with Crippen molar-refractivity contribution in [2.45, 2.75) is 44.3 Å². The van der Waals surface area contributed by atoms with E-state index in [1.54, 1.807) is 0 Å². The van der Waals surface area contributed by atoms with Gasteiger partial charge in [0.05, 0.1) is 12.1 Å². The molecule has 0 spiro atoms. The van der Waals surface area contributed by atoms with E-state index in [1.807, 2.05) is 0 Å². The van der Waals surface area contributed by atoms with Gasteiger partial charge in [0.2, 0.25) is 5.91 Å². The van der Waals surface area contributed by atoms with Crippen LogP contribution in [0.3, 0.4) is 0 Å². The lowest BCUT2D eigenvalue weighted by molar-refractivity contribution is -0.132. The van der Waals surface area contributed by atoms with Crippen LogP contribution in [0.4, 0.5) is 0 Å². The van der Waals surface area contributed by atoms with Gasteiger partial charge in [-0.05, 0) is 44.4 Å². The van der Waals surface area contributed by atoms with Gasteiger partial charge >= 0.3 is 0 Å². The summed E-state index contributed by atoms with van der Waals surface area (Å²) in [7, 11) is 2.13. The number of carbonyl (C=O) groups is 1. The SMILES string of the molecule is CN1C2CCCCC2CC2C(=O)NC(=S)NC21. The van der Waals surface area contributed by atoms with Crippen LogP contribution in [0, 0.1) is 11.8 Å². The summed E-state index contributed by atoms with van der Waals surface area (Å²) in [5.74, 6) is 0.856. The van der Waals surface area contributed by atoms with Crippen LogP contribution in [0.2, 0.25) is 0 Å². The van der Waals surface area contributed by atoms with Gasteiger partial charge in [0.1, 0.15) is 0 Å². The van der Waals surface area contributed by atoms with E-state index in [-0.39, 0.29) is 18.0 Å². The van der Waals surface area contributed by atoms with Crippen LogP contribution in [0.5, 0.6) is 0 Å². The average Bonchev–Trinajstić information content (AvgIpc) is 2.31. The highest BCUT2D eigenvalue weighted by Gasteiger charge is 2.46.